The van der Waals surface area contributed by atoms with Crippen molar-refractivity contribution in [3.63, 3.8) is 0 Å². The van der Waals surface area contributed by atoms with Gasteiger partial charge in [-0.3, -0.25) is 9.78 Å². The lowest BCUT2D eigenvalue weighted by Crippen LogP contribution is -2.18. The molecule has 19 heavy (non-hydrogen) atoms. The quantitative estimate of drug-likeness (QED) is 0.863. The Balaban J connectivity index is 3.65. The van der Waals surface area contributed by atoms with Gasteiger partial charge in [-0.1, -0.05) is 0 Å². The summed E-state index contributed by atoms with van der Waals surface area (Å²) in [6.07, 6.45) is -9.45. The molecule has 0 aromatic carbocycles. The normalized spacial score (nSPS) is 11.4. The number of halogens is 5. The van der Waals surface area contributed by atoms with Crippen LogP contribution in [0.5, 0.6) is 0 Å². The van der Waals surface area contributed by atoms with E-state index in [-0.39, 0.29) is 0 Å². The Morgan fingerprint density at radius 1 is 1.47 bits per heavy atom. The Hall–Kier alpha value is -2.24. The van der Waals surface area contributed by atoms with Crippen molar-refractivity contribution in [1.29, 1.82) is 5.26 Å². The lowest BCUT2D eigenvalue weighted by Gasteiger charge is -2.16. The lowest BCUT2D eigenvalue weighted by molar-refractivity contribution is -0.141. The fraction of sp³-hybridized carbons (Fsp3) is 0.300. The third-order valence-electron chi connectivity index (χ3n) is 2.14. The molecule has 1 aromatic heterocycles. The molecule has 0 spiro atoms. The van der Waals surface area contributed by atoms with Crippen LogP contribution in [-0.4, -0.2) is 16.1 Å². The summed E-state index contributed by atoms with van der Waals surface area (Å²) in [4.78, 5) is 13.6. The van der Waals surface area contributed by atoms with Crippen LogP contribution in [0.15, 0.2) is 6.20 Å². The van der Waals surface area contributed by atoms with Gasteiger partial charge < -0.3 is 5.11 Å². The zero-order chi connectivity index (χ0) is 14.8. The molecule has 0 aliphatic carbocycles. The largest absolute Gasteiger partial charge is 0.481 e. The highest BCUT2D eigenvalue weighted by atomic mass is 19.4. The standard InChI is InChI=1S/C10H5F5N2O2/c11-9(12)7-4(2-16)3-17-5(1-6(18)19)8(7)10(13,14)15/h3,9H,1H2,(H,18,19). The molecule has 0 saturated carbocycles. The van der Waals surface area contributed by atoms with E-state index in [9.17, 15) is 26.7 Å². The monoisotopic (exact) mass is 280 g/mol. The first-order valence-corrected chi connectivity index (χ1v) is 4.67. The summed E-state index contributed by atoms with van der Waals surface area (Å²) < 4.78 is 63.7. The number of carboxylic acids is 1. The molecule has 0 unspecified atom stereocenters. The summed E-state index contributed by atoms with van der Waals surface area (Å²) >= 11 is 0. The van der Waals surface area contributed by atoms with Gasteiger partial charge in [-0.2, -0.15) is 18.4 Å². The van der Waals surface area contributed by atoms with Crippen LogP contribution in [0.2, 0.25) is 0 Å². The fourth-order valence-corrected chi connectivity index (χ4v) is 1.48. The van der Waals surface area contributed by atoms with Crippen LogP contribution < -0.4 is 0 Å². The number of hydrogen-bond donors (Lipinski definition) is 1. The molecule has 1 N–H and O–H groups in total. The van der Waals surface area contributed by atoms with Crippen LogP contribution >= 0.6 is 0 Å². The van der Waals surface area contributed by atoms with Crippen molar-refractivity contribution in [1.82, 2.24) is 4.98 Å². The van der Waals surface area contributed by atoms with E-state index in [0.29, 0.717) is 6.20 Å². The van der Waals surface area contributed by atoms with Crippen LogP contribution in [-0.2, 0) is 17.4 Å². The Bertz CT molecular complexity index is 548. The highest BCUT2D eigenvalue weighted by Crippen LogP contribution is 2.39. The Labute approximate surface area is 103 Å². The lowest BCUT2D eigenvalue weighted by atomic mass is 10.00. The number of nitriles is 1. The molecule has 1 heterocycles. The third kappa shape index (κ3) is 3.15. The maximum absolute atomic E-state index is 12.8. The van der Waals surface area contributed by atoms with Crippen molar-refractivity contribution in [3.05, 3.63) is 28.6 Å². The maximum atomic E-state index is 12.8. The number of pyridine rings is 1. The number of nitrogens with zero attached hydrogens (tertiary/aromatic N) is 2. The van der Waals surface area contributed by atoms with Crippen LogP contribution in [0.1, 0.15) is 28.8 Å². The number of aliphatic carboxylic acids is 1. The molecular weight excluding hydrogens is 275 g/mol. The maximum Gasteiger partial charge on any atom is 0.418 e. The molecule has 0 aliphatic heterocycles. The zero-order valence-electron chi connectivity index (χ0n) is 9.00. The Morgan fingerprint density at radius 2 is 2.05 bits per heavy atom. The molecule has 0 fully saturated rings. The zero-order valence-corrected chi connectivity index (χ0v) is 9.00. The topological polar surface area (TPSA) is 74.0 Å². The molecule has 0 radical (unpaired) electrons. The van der Waals surface area contributed by atoms with Crippen molar-refractivity contribution in [3.8, 4) is 6.07 Å². The second kappa shape index (κ2) is 5.17. The second-order valence-electron chi connectivity index (χ2n) is 3.39. The van der Waals surface area contributed by atoms with Gasteiger partial charge in [0.15, 0.2) is 0 Å². The van der Waals surface area contributed by atoms with Gasteiger partial charge in [0.05, 0.1) is 28.8 Å². The first kappa shape index (κ1) is 14.8. The van der Waals surface area contributed by atoms with Gasteiger partial charge in [0.2, 0.25) is 0 Å². The van der Waals surface area contributed by atoms with Gasteiger partial charge in [-0.25, -0.2) is 8.78 Å². The third-order valence-corrected chi connectivity index (χ3v) is 2.14. The average Bonchev–Trinajstić information content (AvgIpc) is 2.25. The summed E-state index contributed by atoms with van der Waals surface area (Å²) in [5.74, 6) is -1.65. The number of rotatable bonds is 3. The predicted octanol–water partition coefficient (Wildman–Crippen LogP) is 2.54. The highest BCUT2D eigenvalue weighted by molar-refractivity contribution is 5.70. The van der Waals surface area contributed by atoms with E-state index in [0.717, 1.165) is 0 Å². The summed E-state index contributed by atoms with van der Waals surface area (Å²) in [6.45, 7) is 0. The van der Waals surface area contributed by atoms with Gasteiger partial charge in [-0.15, -0.1) is 0 Å². The first-order valence-electron chi connectivity index (χ1n) is 4.67. The van der Waals surface area contributed by atoms with Crippen LogP contribution in [0.25, 0.3) is 0 Å². The summed E-state index contributed by atoms with van der Waals surface area (Å²) in [6, 6.07) is 1.18. The Kier molecular flexibility index (Phi) is 4.04. The smallest absolute Gasteiger partial charge is 0.418 e. The first-order chi connectivity index (χ1) is 8.68. The van der Waals surface area contributed by atoms with E-state index in [4.69, 9.17) is 10.4 Å². The molecule has 0 atom stereocenters. The molecule has 0 bridgehead atoms. The molecule has 9 heteroatoms. The molecule has 1 aromatic rings. The number of alkyl halides is 5. The van der Waals surface area contributed by atoms with Crippen molar-refractivity contribution in [2.45, 2.75) is 19.0 Å². The minimum atomic E-state index is -5.23. The van der Waals surface area contributed by atoms with Crippen molar-refractivity contribution >= 4 is 5.97 Å². The number of hydrogen-bond acceptors (Lipinski definition) is 3. The van der Waals surface area contributed by atoms with Gasteiger partial charge in [0.1, 0.15) is 6.07 Å². The molecule has 102 valence electrons. The summed E-state index contributed by atoms with van der Waals surface area (Å²) in [7, 11) is 0. The predicted molar refractivity (Wildman–Crippen MR) is 50.3 cm³/mol. The second-order valence-corrected chi connectivity index (χ2v) is 3.39. The van der Waals surface area contributed by atoms with Crippen LogP contribution in [0.3, 0.4) is 0 Å². The average molecular weight is 280 g/mol. The molecule has 1 rings (SSSR count). The number of aromatic nitrogens is 1. The van der Waals surface area contributed by atoms with Crippen LogP contribution in [0.4, 0.5) is 22.0 Å². The summed E-state index contributed by atoms with van der Waals surface area (Å²) in [5, 5.41) is 17.0. The van der Waals surface area contributed by atoms with E-state index in [1.165, 1.54) is 6.07 Å². The van der Waals surface area contributed by atoms with E-state index in [1.54, 1.807) is 0 Å². The van der Waals surface area contributed by atoms with Crippen molar-refractivity contribution in [2.24, 2.45) is 0 Å². The minimum absolute atomic E-state index is 0.509. The van der Waals surface area contributed by atoms with E-state index in [1.807, 2.05) is 0 Å². The fourth-order valence-electron chi connectivity index (χ4n) is 1.48. The minimum Gasteiger partial charge on any atom is -0.481 e. The van der Waals surface area contributed by atoms with Gasteiger partial charge in [0.25, 0.3) is 6.43 Å². The SMILES string of the molecule is N#Cc1cnc(CC(=O)O)c(C(F)(F)F)c1C(F)F. The van der Waals surface area contributed by atoms with Crippen LogP contribution in [0, 0.1) is 11.3 Å². The van der Waals surface area contributed by atoms with Crippen molar-refractivity contribution in [2.75, 3.05) is 0 Å². The highest BCUT2D eigenvalue weighted by Gasteiger charge is 2.41. The van der Waals surface area contributed by atoms with Gasteiger partial charge in [-0.05, 0) is 0 Å². The Morgan fingerprint density at radius 3 is 2.42 bits per heavy atom. The van der Waals surface area contributed by atoms with Gasteiger partial charge in [0, 0.05) is 6.20 Å². The molecule has 0 amide bonds. The van der Waals surface area contributed by atoms with E-state index in [2.05, 4.69) is 4.98 Å². The molecule has 4 nitrogen and oxygen atoms in total. The summed E-state index contributed by atoms with van der Waals surface area (Å²) in [5.41, 5.74) is -5.38. The number of carboxylic acid groups (broad SMARTS) is 1. The molecule has 0 aliphatic rings. The van der Waals surface area contributed by atoms with E-state index < -0.39 is 47.4 Å². The van der Waals surface area contributed by atoms with E-state index >= 15 is 0 Å². The van der Waals surface area contributed by atoms with Gasteiger partial charge >= 0.3 is 12.1 Å². The molecular formula is C10H5F5N2O2. The van der Waals surface area contributed by atoms with Crippen molar-refractivity contribution < 1.29 is 31.9 Å². The number of carbonyl (C=O) groups is 1. The molecule has 0 saturated heterocycles.